The Labute approximate surface area is 210 Å². The number of pyridine rings is 2. The van der Waals surface area contributed by atoms with Crippen molar-refractivity contribution in [2.45, 2.75) is 50.4 Å². The van der Waals surface area contributed by atoms with Crippen LogP contribution < -0.4 is 5.73 Å². The van der Waals surface area contributed by atoms with E-state index in [0.717, 1.165) is 38.4 Å². The summed E-state index contributed by atoms with van der Waals surface area (Å²) >= 11 is 0. The molecule has 5 heterocycles. The molecule has 0 aliphatic carbocycles. The number of carbonyl (C=O) groups excluding carboxylic acids is 1. The Morgan fingerprint density at radius 3 is 2.62 bits per heavy atom. The molecule has 200 valence electrons. The summed E-state index contributed by atoms with van der Waals surface area (Å²) < 4.78 is 68.6. The van der Waals surface area contributed by atoms with E-state index in [1.165, 1.54) is 30.3 Å². The van der Waals surface area contributed by atoms with Gasteiger partial charge in [-0.2, -0.15) is 13.2 Å². The summed E-state index contributed by atoms with van der Waals surface area (Å²) in [5.41, 5.74) is 6.57. The molecule has 2 aromatic rings. The van der Waals surface area contributed by atoms with Crippen molar-refractivity contribution >= 4 is 17.6 Å². The second-order valence-electron chi connectivity index (χ2n) is 9.10. The number of halogens is 5. The largest absolute Gasteiger partial charge is 0.433 e. The molecule has 2 fully saturated rings. The van der Waals surface area contributed by atoms with Crippen LogP contribution in [0.3, 0.4) is 0 Å². The van der Waals surface area contributed by atoms with E-state index in [1.807, 2.05) is 0 Å². The fourth-order valence-corrected chi connectivity index (χ4v) is 4.59. The first-order valence-electron chi connectivity index (χ1n) is 11.8. The van der Waals surface area contributed by atoms with Crippen molar-refractivity contribution in [2.24, 2.45) is 10.7 Å². The summed E-state index contributed by atoms with van der Waals surface area (Å²) in [5, 5.41) is 0. The highest BCUT2D eigenvalue weighted by molar-refractivity contribution is 5.93. The Bertz CT molecular complexity index is 1170. The van der Waals surface area contributed by atoms with E-state index in [0.29, 0.717) is 16.9 Å². The van der Waals surface area contributed by atoms with Crippen molar-refractivity contribution in [3.05, 3.63) is 53.1 Å². The topological polar surface area (TPSA) is 96.9 Å². The number of methoxy groups -OCH3 is 1. The van der Waals surface area contributed by atoms with Gasteiger partial charge in [0.2, 0.25) is 0 Å². The zero-order valence-electron chi connectivity index (χ0n) is 20.1. The number of alkyl halides is 5. The number of fused-ring (bicyclic) bond motifs is 3. The standard InChI is InChI=1S/C16H19F2N5O.C8H8F3NO/c17-16(18)7-13-10-6-11(14(24)22-4-2-1-3-5-22)20-8-12(10)21-15(19)23(13)9-16;1-13-5-6-3-2-4-7(12-6)8(9,10)11/h6,8,13H,1-5,7,9H2,(H2,19,21);2-4H,5H2,1H3. The number of likely N-dealkylation sites (tertiary alicyclic amines) is 1. The van der Waals surface area contributed by atoms with Gasteiger partial charge in [-0.3, -0.25) is 4.79 Å². The van der Waals surface area contributed by atoms with Gasteiger partial charge < -0.3 is 20.3 Å². The minimum Gasteiger partial charge on any atom is -0.378 e. The predicted octanol–water partition coefficient (Wildman–Crippen LogP) is 4.30. The lowest BCUT2D eigenvalue weighted by Crippen LogP contribution is -2.40. The van der Waals surface area contributed by atoms with Crippen LogP contribution in [0.5, 0.6) is 0 Å². The van der Waals surface area contributed by atoms with Crippen LogP contribution in [0.4, 0.5) is 27.6 Å². The van der Waals surface area contributed by atoms with Crippen molar-refractivity contribution in [3.8, 4) is 0 Å². The van der Waals surface area contributed by atoms with Crippen molar-refractivity contribution < 1.29 is 31.5 Å². The van der Waals surface area contributed by atoms with Gasteiger partial charge >= 0.3 is 6.18 Å². The molecule has 2 saturated heterocycles. The summed E-state index contributed by atoms with van der Waals surface area (Å²) in [6, 6.07) is 4.78. The summed E-state index contributed by atoms with van der Waals surface area (Å²) in [5.74, 6) is -2.87. The number of ether oxygens (including phenoxy) is 1. The van der Waals surface area contributed by atoms with E-state index < -0.39 is 30.4 Å². The molecule has 13 heteroatoms. The zero-order chi connectivity index (χ0) is 26.8. The number of nitrogens with two attached hydrogens (primary N) is 1. The van der Waals surface area contributed by atoms with Crippen LogP contribution in [0.2, 0.25) is 0 Å². The third kappa shape index (κ3) is 6.14. The number of piperidine rings is 1. The van der Waals surface area contributed by atoms with Gasteiger partial charge in [-0.15, -0.1) is 0 Å². The SMILES string of the molecule is COCc1cccc(C(F)(F)F)n1.NC1=Nc2cnc(C(=O)N3CCCCC3)cc2C2CC(F)(F)CN12. The zero-order valence-corrected chi connectivity index (χ0v) is 20.1. The lowest BCUT2D eigenvalue weighted by Gasteiger charge is -2.30. The molecule has 2 N–H and O–H groups in total. The molecular weight excluding hydrogens is 499 g/mol. The number of amides is 1. The Morgan fingerprint density at radius 1 is 1.22 bits per heavy atom. The highest BCUT2D eigenvalue weighted by Crippen LogP contribution is 2.46. The Hall–Kier alpha value is -3.35. The molecule has 0 saturated carbocycles. The second kappa shape index (κ2) is 10.6. The van der Waals surface area contributed by atoms with E-state index in [9.17, 15) is 26.7 Å². The lowest BCUT2D eigenvalue weighted by molar-refractivity contribution is -0.141. The van der Waals surface area contributed by atoms with Crippen LogP contribution in [0.1, 0.15) is 59.2 Å². The maximum atomic E-state index is 13.8. The van der Waals surface area contributed by atoms with Gasteiger partial charge in [0.05, 0.1) is 36.8 Å². The number of hydrogen-bond donors (Lipinski definition) is 1. The average Bonchev–Trinajstić information content (AvgIpc) is 3.20. The minimum atomic E-state index is -4.39. The van der Waals surface area contributed by atoms with Crippen molar-refractivity contribution in [1.82, 2.24) is 19.8 Å². The Kier molecular flexibility index (Phi) is 7.62. The molecule has 8 nitrogen and oxygen atoms in total. The number of guanidine groups is 1. The van der Waals surface area contributed by atoms with Gasteiger partial charge in [-0.25, -0.2) is 23.7 Å². The van der Waals surface area contributed by atoms with E-state index in [1.54, 1.807) is 11.0 Å². The maximum absolute atomic E-state index is 13.8. The number of hydrogen-bond acceptors (Lipinski definition) is 7. The highest BCUT2D eigenvalue weighted by Gasteiger charge is 2.48. The smallest absolute Gasteiger partial charge is 0.378 e. The molecule has 2 aromatic heterocycles. The van der Waals surface area contributed by atoms with Gasteiger partial charge in [-0.05, 0) is 37.5 Å². The molecule has 3 aliphatic rings. The van der Waals surface area contributed by atoms with Crippen LogP contribution in [0, 0.1) is 0 Å². The molecular formula is C24H27F5N6O2. The average molecular weight is 527 g/mol. The van der Waals surface area contributed by atoms with Gasteiger partial charge in [-0.1, -0.05) is 6.07 Å². The van der Waals surface area contributed by atoms with E-state index in [-0.39, 0.29) is 30.6 Å². The van der Waals surface area contributed by atoms with Crippen molar-refractivity contribution in [2.75, 3.05) is 26.7 Å². The Balaban J connectivity index is 0.000000209. The predicted molar refractivity (Wildman–Crippen MR) is 124 cm³/mol. The monoisotopic (exact) mass is 526 g/mol. The number of aliphatic imine (C=N–C) groups is 1. The number of nitrogens with zero attached hydrogens (tertiary/aromatic N) is 5. The fraction of sp³-hybridized carbons (Fsp3) is 0.500. The van der Waals surface area contributed by atoms with Gasteiger partial charge in [0.15, 0.2) is 5.96 Å². The first-order valence-corrected chi connectivity index (χ1v) is 11.8. The van der Waals surface area contributed by atoms with Crippen molar-refractivity contribution in [3.63, 3.8) is 0 Å². The molecule has 0 bridgehead atoms. The van der Waals surface area contributed by atoms with Crippen LogP contribution >= 0.6 is 0 Å². The minimum absolute atomic E-state index is 0.0848. The number of carbonyl (C=O) groups is 1. The molecule has 1 amide bonds. The van der Waals surface area contributed by atoms with Crippen LogP contribution in [0.25, 0.3) is 0 Å². The summed E-state index contributed by atoms with van der Waals surface area (Å²) in [7, 11) is 1.40. The van der Waals surface area contributed by atoms with Gasteiger partial charge in [0, 0.05) is 32.2 Å². The summed E-state index contributed by atoms with van der Waals surface area (Å²) in [4.78, 5) is 27.5. The van der Waals surface area contributed by atoms with Crippen LogP contribution in [0.15, 0.2) is 35.5 Å². The molecule has 0 spiro atoms. The number of aromatic nitrogens is 2. The first-order chi connectivity index (χ1) is 17.5. The van der Waals surface area contributed by atoms with E-state index >= 15 is 0 Å². The summed E-state index contributed by atoms with van der Waals surface area (Å²) in [6.45, 7) is 1.08. The van der Waals surface area contributed by atoms with Gasteiger partial charge in [0.1, 0.15) is 11.4 Å². The van der Waals surface area contributed by atoms with E-state index in [2.05, 4.69) is 19.7 Å². The second-order valence-corrected chi connectivity index (χ2v) is 9.10. The first kappa shape index (κ1) is 26.7. The Morgan fingerprint density at radius 2 is 1.95 bits per heavy atom. The maximum Gasteiger partial charge on any atom is 0.433 e. The quantitative estimate of drug-likeness (QED) is 0.600. The normalized spacial score (nSPS) is 20.4. The third-order valence-electron chi connectivity index (χ3n) is 6.32. The third-order valence-corrected chi connectivity index (χ3v) is 6.32. The van der Waals surface area contributed by atoms with Crippen LogP contribution in [-0.4, -0.2) is 64.3 Å². The molecule has 37 heavy (non-hydrogen) atoms. The molecule has 0 aromatic carbocycles. The molecule has 5 rings (SSSR count). The fourth-order valence-electron chi connectivity index (χ4n) is 4.59. The lowest BCUT2D eigenvalue weighted by atomic mass is 10.0. The molecule has 1 atom stereocenters. The van der Waals surface area contributed by atoms with Gasteiger partial charge in [0.25, 0.3) is 11.8 Å². The summed E-state index contributed by atoms with van der Waals surface area (Å²) in [6.07, 6.45) is -0.143. The van der Waals surface area contributed by atoms with Crippen LogP contribution in [-0.2, 0) is 17.5 Å². The molecule has 0 radical (unpaired) electrons. The molecule has 1 unspecified atom stereocenters. The number of rotatable bonds is 3. The molecule has 3 aliphatic heterocycles. The van der Waals surface area contributed by atoms with E-state index in [4.69, 9.17) is 5.73 Å². The highest BCUT2D eigenvalue weighted by atomic mass is 19.4. The van der Waals surface area contributed by atoms with Crippen molar-refractivity contribution in [1.29, 1.82) is 0 Å².